The summed E-state index contributed by atoms with van der Waals surface area (Å²) in [5.74, 6) is 0.622. The molecule has 0 bridgehead atoms. The molecule has 0 radical (unpaired) electrons. The molecule has 0 saturated heterocycles. The maximum atomic E-state index is 11.3. The molecule has 1 aromatic rings. The van der Waals surface area contributed by atoms with Crippen molar-refractivity contribution >= 4 is 11.5 Å². The number of rotatable bonds is 2. The Kier molecular flexibility index (Phi) is 3.65. The van der Waals surface area contributed by atoms with Crippen LogP contribution in [0.5, 0.6) is 5.75 Å². The van der Waals surface area contributed by atoms with Gasteiger partial charge in [-0.25, -0.2) is 4.79 Å². The van der Waals surface area contributed by atoms with Crippen molar-refractivity contribution in [2.45, 2.75) is 32.6 Å². The van der Waals surface area contributed by atoms with Crippen molar-refractivity contribution < 1.29 is 14.3 Å². The van der Waals surface area contributed by atoms with Crippen LogP contribution in [0.15, 0.2) is 24.3 Å². The summed E-state index contributed by atoms with van der Waals surface area (Å²) in [4.78, 5) is 11.3. The molecular formula is C16H20O3. The van der Waals surface area contributed by atoms with Crippen LogP contribution < -0.4 is 4.74 Å². The molecule has 3 heteroatoms. The Labute approximate surface area is 114 Å². The Morgan fingerprint density at radius 1 is 1.42 bits per heavy atom. The molecule has 0 aliphatic carbocycles. The first-order chi connectivity index (χ1) is 8.94. The Bertz CT molecular complexity index is 527. The first-order valence-corrected chi connectivity index (χ1v) is 6.48. The van der Waals surface area contributed by atoms with Gasteiger partial charge in [0.15, 0.2) is 0 Å². The molecule has 2 rings (SSSR count). The summed E-state index contributed by atoms with van der Waals surface area (Å²) >= 11 is 0. The summed E-state index contributed by atoms with van der Waals surface area (Å²) in [7, 11) is 1.38. The third kappa shape index (κ3) is 2.80. The molecule has 0 aromatic heterocycles. The summed E-state index contributed by atoms with van der Waals surface area (Å²) in [5.41, 5.74) is 3.24. The van der Waals surface area contributed by atoms with E-state index in [9.17, 15) is 4.79 Å². The highest BCUT2D eigenvalue weighted by atomic mass is 16.5. The van der Waals surface area contributed by atoms with E-state index in [4.69, 9.17) is 4.74 Å². The van der Waals surface area contributed by atoms with E-state index in [1.165, 1.54) is 18.7 Å². The third-order valence-corrected chi connectivity index (χ3v) is 3.68. The summed E-state index contributed by atoms with van der Waals surface area (Å²) in [5, 5.41) is 0. The fourth-order valence-corrected chi connectivity index (χ4v) is 2.30. The Morgan fingerprint density at radius 3 is 2.84 bits per heavy atom. The van der Waals surface area contributed by atoms with Crippen molar-refractivity contribution in [3.05, 3.63) is 35.4 Å². The number of esters is 1. The van der Waals surface area contributed by atoms with Crippen LogP contribution in [0.3, 0.4) is 0 Å². The van der Waals surface area contributed by atoms with Gasteiger partial charge in [0.2, 0.25) is 0 Å². The molecule has 0 fully saturated rings. The molecule has 1 aromatic carbocycles. The highest BCUT2D eigenvalue weighted by Crippen LogP contribution is 2.39. The lowest BCUT2D eigenvalue weighted by molar-refractivity contribution is -0.134. The van der Waals surface area contributed by atoms with Crippen LogP contribution in [-0.4, -0.2) is 19.7 Å². The molecule has 0 N–H and O–H groups in total. The molecule has 0 spiro atoms. The van der Waals surface area contributed by atoms with E-state index in [2.05, 4.69) is 24.7 Å². The van der Waals surface area contributed by atoms with Crippen LogP contribution in [0.4, 0.5) is 0 Å². The first kappa shape index (κ1) is 13.7. The second kappa shape index (κ2) is 5.08. The maximum absolute atomic E-state index is 11.3. The summed E-state index contributed by atoms with van der Waals surface area (Å²) in [6, 6.07) is 6.08. The van der Waals surface area contributed by atoms with E-state index < -0.39 is 0 Å². The fourth-order valence-electron chi connectivity index (χ4n) is 2.30. The highest BCUT2D eigenvalue weighted by Gasteiger charge is 2.28. The fraction of sp³-hybridized carbons (Fsp3) is 0.438. The second-order valence-corrected chi connectivity index (χ2v) is 5.54. The van der Waals surface area contributed by atoms with Crippen molar-refractivity contribution in [1.29, 1.82) is 0 Å². The average molecular weight is 260 g/mol. The van der Waals surface area contributed by atoms with Gasteiger partial charge in [-0.15, -0.1) is 0 Å². The monoisotopic (exact) mass is 260 g/mol. The number of allylic oxidation sites excluding steroid dienone is 1. The lowest BCUT2D eigenvalue weighted by Crippen LogP contribution is -2.26. The highest BCUT2D eigenvalue weighted by molar-refractivity contribution is 5.90. The van der Waals surface area contributed by atoms with Crippen LogP contribution in [0.2, 0.25) is 0 Å². The molecule has 19 heavy (non-hydrogen) atoms. The summed E-state index contributed by atoms with van der Waals surface area (Å²) in [6.45, 7) is 7.11. The van der Waals surface area contributed by atoms with Crippen molar-refractivity contribution in [2.24, 2.45) is 0 Å². The minimum absolute atomic E-state index is 0.106. The van der Waals surface area contributed by atoms with Gasteiger partial charge in [-0.1, -0.05) is 19.9 Å². The van der Waals surface area contributed by atoms with Crippen molar-refractivity contribution in [2.75, 3.05) is 13.7 Å². The number of methoxy groups -OCH3 is 1. The van der Waals surface area contributed by atoms with E-state index in [0.717, 1.165) is 29.9 Å². The van der Waals surface area contributed by atoms with Crippen LogP contribution >= 0.6 is 0 Å². The van der Waals surface area contributed by atoms with Crippen LogP contribution in [0.25, 0.3) is 5.57 Å². The molecular weight excluding hydrogens is 240 g/mol. The number of hydrogen-bond acceptors (Lipinski definition) is 3. The number of carbonyl (C=O) groups excluding carboxylic acids is 1. The first-order valence-electron chi connectivity index (χ1n) is 6.48. The maximum Gasteiger partial charge on any atom is 0.330 e. The lowest BCUT2D eigenvalue weighted by Gasteiger charge is -2.32. The normalized spacial score (nSPS) is 17.4. The smallest absolute Gasteiger partial charge is 0.330 e. The zero-order chi connectivity index (χ0) is 14.0. The van der Waals surface area contributed by atoms with Crippen LogP contribution in [0, 0.1) is 0 Å². The molecule has 3 nitrogen and oxygen atoms in total. The van der Waals surface area contributed by atoms with Gasteiger partial charge >= 0.3 is 5.97 Å². The number of carbonyl (C=O) groups is 1. The molecule has 0 amide bonds. The van der Waals surface area contributed by atoms with Crippen LogP contribution in [0.1, 0.15) is 38.3 Å². The predicted octanol–water partition coefficient (Wildman–Crippen LogP) is 3.32. The van der Waals surface area contributed by atoms with Gasteiger partial charge in [-0.2, -0.15) is 0 Å². The van der Waals surface area contributed by atoms with E-state index in [1.54, 1.807) is 0 Å². The molecule has 102 valence electrons. The molecule has 1 heterocycles. The van der Waals surface area contributed by atoms with Gasteiger partial charge in [-0.05, 0) is 42.0 Å². The minimum atomic E-state index is -0.328. The number of hydrogen-bond donors (Lipinski definition) is 0. The standard InChI is InChI=1S/C16H20O3/c1-11(9-15(17)18-4)12-5-6-14-13(10-12)16(2,3)7-8-19-14/h5-6,9-10H,7-8H2,1-4H3/b11-9+. The van der Waals surface area contributed by atoms with Gasteiger partial charge in [0.1, 0.15) is 5.75 Å². The SMILES string of the molecule is COC(=O)/C=C(\C)c1ccc2c(c1)C(C)(C)CCO2. The second-order valence-electron chi connectivity index (χ2n) is 5.54. The number of fused-ring (bicyclic) bond motifs is 1. The quantitative estimate of drug-likeness (QED) is 0.604. The lowest BCUT2D eigenvalue weighted by atomic mass is 9.79. The number of ether oxygens (including phenoxy) is 2. The van der Waals surface area contributed by atoms with Crippen LogP contribution in [-0.2, 0) is 14.9 Å². The van der Waals surface area contributed by atoms with Crippen molar-refractivity contribution in [3.8, 4) is 5.75 Å². The van der Waals surface area contributed by atoms with E-state index in [-0.39, 0.29) is 11.4 Å². The van der Waals surface area contributed by atoms with Gasteiger partial charge in [0.05, 0.1) is 13.7 Å². The number of benzene rings is 1. The Balaban J connectivity index is 2.40. The summed E-state index contributed by atoms with van der Waals surface area (Å²) in [6.07, 6.45) is 2.52. The van der Waals surface area contributed by atoms with Gasteiger partial charge in [-0.3, -0.25) is 0 Å². The van der Waals surface area contributed by atoms with Crippen molar-refractivity contribution in [1.82, 2.24) is 0 Å². The molecule has 1 aliphatic heterocycles. The molecule has 1 aliphatic rings. The topological polar surface area (TPSA) is 35.5 Å². The Morgan fingerprint density at radius 2 is 2.16 bits per heavy atom. The largest absolute Gasteiger partial charge is 0.493 e. The van der Waals surface area contributed by atoms with E-state index >= 15 is 0 Å². The van der Waals surface area contributed by atoms with Crippen molar-refractivity contribution in [3.63, 3.8) is 0 Å². The molecule has 0 atom stereocenters. The van der Waals surface area contributed by atoms with E-state index in [0.29, 0.717) is 0 Å². The van der Waals surface area contributed by atoms with Gasteiger partial charge < -0.3 is 9.47 Å². The van der Waals surface area contributed by atoms with Gasteiger partial charge in [0.25, 0.3) is 0 Å². The minimum Gasteiger partial charge on any atom is -0.493 e. The molecule has 0 saturated carbocycles. The predicted molar refractivity (Wildman–Crippen MR) is 75.2 cm³/mol. The summed E-state index contributed by atoms with van der Waals surface area (Å²) < 4.78 is 10.3. The third-order valence-electron chi connectivity index (χ3n) is 3.68. The zero-order valence-corrected chi connectivity index (χ0v) is 11.9. The average Bonchev–Trinajstić information content (AvgIpc) is 2.38. The van der Waals surface area contributed by atoms with E-state index in [1.807, 2.05) is 19.1 Å². The van der Waals surface area contributed by atoms with Gasteiger partial charge in [0, 0.05) is 11.6 Å². The zero-order valence-electron chi connectivity index (χ0n) is 11.9. The Hall–Kier alpha value is -1.77. The molecule has 0 unspecified atom stereocenters.